The summed E-state index contributed by atoms with van der Waals surface area (Å²) in [7, 11) is 0. The van der Waals surface area contributed by atoms with Crippen molar-refractivity contribution in [3.8, 4) is 6.07 Å². The molecule has 1 fully saturated rings. The minimum absolute atomic E-state index is 0.688. The molecule has 5 heteroatoms. The van der Waals surface area contributed by atoms with E-state index in [9.17, 15) is 0 Å². The monoisotopic (exact) mass is 209 g/mol. The molecule has 1 aliphatic rings. The minimum Gasteiger partial charge on any atom is -0.379 e. The normalized spacial score (nSPS) is 17.9. The van der Waals surface area contributed by atoms with Crippen molar-refractivity contribution in [2.75, 3.05) is 26.3 Å². The summed E-state index contributed by atoms with van der Waals surface area (Å²) in [4.78, 5) is 7.18. The summed E-state index contributed by atoms with van der Waals surface area (Å²) < 4.78 is 5.25. The third-order valence-electron chi connectivity index (χ3n) is 2.13. The Balaban J connectivity index is 1.93. The van der Waals surface area contributed by atoms with Crippen LogP contribution in [-0.4, -0.2) is 36.2 Å². The number of hydrogen-bond donors (Lipinski definition) is 0. The van der Waals surface area contributed by atoms with E-state index in [-0.39, 0.29) is 0 Å². The molecule has 74 valence electrons. The van der Waals surface area contributed by atoms with Crippen molar-refractivity contribution >= 4 is 11.3 Å². The van der Waals surface area contributed by atoms with E-state index in [1.807, 2.05) is 0 Å². The van der Waals surface area contributed by atoms with Gasteiger partial charge in [0.25, 0.3) is 0 Å². The molecule has 2 heterocycles. The third-order valence-corrected chi connectivity index (χ3v) is 3.01. The quantitative estimate of drug-likeness (QED) is 0.724. The fraction of sp³-hybridized carbons (Fsp3) is 0.556. The number of aromatic nitrogens is 1. The Kier molecular flexibility index (Phi) is 3.09. The van der Waals surface area contributed by atoms with Crippen LogP contribution in [0.15, 0.2) is 6.20 Å². The highest BCUT2D eigenvalue weighted by molar-refractivity contribution is 7.12. The average molecular weight is 209 g/mol. The fourth-order valence-electron chi connectivity index (χ4n) is 1.39. The van der Waals surface area contributed by atoms with Crippen LogP contribution in [0.1, 0.15) is 9.88 Å². The van der Waals surface area contributed by atoms with Crippen LogP contribution in [0.5, 0.6) is 0 Å². The first kappa shape index (κ1) is 9.59. The summed E-state index contributed by atoms with van der Waals surface area (Å²) in [5.41, 5.74) is 0. The number of nitriles is 1. The van der Waals surface area contributed by atoms with Crippen molar-refractivity contribution in [3.05, 3.63) is 16.1 Å². The first-order valence-corrected chi connectivity index (χ1v) is 5.35. The molecule has 0 bridgehead atoms. The van der Waals surface area contributed by atoms with Crippen LogP contribution >= 0.6 is 11.3 Å². The van der Waals surface area contributed by atoms with Crippen LogP contribution in [0.3, 0.4) is 0 Å². The Bertz CT molecular complexity index is 338. The maximum Gasteiger partial charge on any atom is 0.124 e. The molecule has 1 saturated heterocycles. The van der Waals surface area contributed by atoms with E-state index in [2.05, 4.69) is 16.0 Å². The molecule has 0 aliphatic carbocycles. The van der Waals surface area contributed by atoms with Gasteiger partial charge in [-0.1, -0.05) is 0 Å². The van der Waals surface area contributed by atoms with E-state index in [1.54, 1.807) is 6.20 Å². The van der Waals surface area contributed by atoms with Crippen LogP contribution in [0, 0.1) is 11.3 Å². The zero-order chi connectivity index (χ0) is 9.80. The second-order valence-electron chi connectivity index (χ2n) is 3.12. The Labute approximate surface area is 86.7 Å². The van der Waals surface area contributed by atoms with Crippen molar-refractivity contribution in [2.45, 2.75) is 6.54 Å². The van der Waals surface area contributed by atoms with Crippen LogP contribution in [0.2, 0.25) is 0 Å². The summed E-state index contributed by atoms with van der Waals surface area (Å²) in [5, 5.41) is 9.66. The van der Waals surface area contributed by atoms with Gasteiger partial charge in [-0.3, -0.25) is 4.90 Å². The highest BCUT2D eigenvalue weighted by Gasteiger charge is 2.12. The predicted octanol–water partition coefficient (Wildman–Crippen LogP) is 0.847. The fourth-order valence-corrected chi connectivity index (χ4v) is 2.14. The van der Waals surface area contributed by atoms with Crippen molar-refractivity contribution < 1.29 is 4.74 Å². The molecule has 0 N–H and O–H groups in total. The highest BCUT2D eigenvalue weighted by atomic mass is 32.1. The molecule has 2 rings (SSSR count). The summed E-state index contributed by atoms with van der Waals surface area (Å²) in [6.07, 6.45) is 1.64. The van der Waals surface area contributed by atoms with Crippen LogP contribution in [0.4, 0.5) is 0 Å². The standard InChI is InChI=1S/C9H11N3OS/c10-5-8-6-11-9(14-8)7-12-1-3-13-4-2-12/h6H,1-4,7H2. The average Bonchev–Trinajstić information content (AvgIpc) is 2.67. The molecule has 1 aromatic rings. The van der Waals surface area contributed by atoms with Crippen LogP contribution in [-0.2, 0) is 11.3 Å². The number of rotatable bonds is 2. The zero-order valence-corrected chi connectivity index (χ0v) is 8.59. The van der Waals surface area contributed by atoms with Gasteiger partial charge in [0.15, 0.2) is 0 Å². The first-order valence-electron chi connectivity index (χ1n) is 4.53. The number of morpholine rings is 1. The van der Waals surface area contributed by atoms with Gasteiger partial charge in [0, 0.05) is 13.1 Å². The van der Waals surface area contributed by atoms with Gasteiger partial charge < -0.3 is 4.74 Å². The van der Waals surface area contributed by atoms with E-state index in [0.29, 0.717) is 4.88 Å². The summed E-state index contributed by atoms with van der Waals surface area (Å²) in [6.45, 7) is 4.37. The van der Waals surface area contributed by atoms with Gasteiger partial charge in [-0.05, 0) is 0 Å². The third kappa shape index (κ3) is 2.29. The lowest BCUT2D eigenvalue weighted by Crippen LogP contribution is -2.35. The van der Waals surface area contributed by atoms with Gasteiger partial charge in [0.2, 0.25) is 0 Å². The van der Waals surface area contributed by atoms with Crippen molar-refractivity contribution in [1.82, 2.24) is 9.88 Å². The molecule has 0 spiro atoms. The molecular weight excluding hydrogens is 198 g/mol. The molecule has 0 unspecified atom stereocenters. The SMILES string of the molecule is N#Cc1cnc(CN2CCOCC2)s1. The largest absolute Gasteiger partial charge is 0.379 e. The van der Waals surface area contributed by atoms with E-state index in [0.717, 1.165) is 37.9 Å². The number of ether oxygens (including phenoxy) is 1. The maximum atomic E-state index is 8.64. The number of hydrogen-bond acceptors (Lipinski definition) is 5. The number of nitrogens with zero attached hydrogens (tertiary/aromatic N) is 3. The lowest BCUT2D eigenvalue weighted by Gasteiger charge is -2.25. The second-order valence-corrected chi connectivity index (χ2v) is 4.23. The molecule has 0 amide bonds. The van der Waals surface area contributed by atoms with Crippen molar-refractivity contribution in [3.63, 3.8) is 0 Å². The van der Waals surface area contributed by atoms with Gasteiger partial charge in [0.05, 0.1) is 26.0 Å². The summed E-state index contributed by atoms with van der Waals surface area (Å²) in [5.74, 6) is 0. The van der Waals surface area contributed by atoms with Gasteiger partial charge in [0.1, 0.15) is 16.0 Å². The Morgan fingerprint density at radius 1 is 1.57 bits per heavy atom. The molecule has 0 aromatic carbocycles. The van der Waals surface area contributed by atoms with Gasteiger partial charge in [-0.15, -0.1) is 11.3 Å². The van der Waals surface area contributed by atoms with E-state index < -0.39 is 0 Å². The maximum absolute atomic E-state index is 8.64. The Morgan fingerprint density at radius 3 is 3.00 bits per heavy atom. The molecular formula is C9H11N3OS. The van der Waals surface area contributed by atoms with Gasteiger partial charge in [-0.2, -0.15) is 5.26 Å². The Morgan fingerprint density at radius 2 is 2.36 bits per heavy atom. The van der Waals surface area contributed by atoms with Crippen LogP contribution < -0.4 is 0 Å². The molecule has 4 nitrogen and oxygen atoms in total. The lowest BCUT2D eigenvalue weighted by atomic mass is 10.4. The topological polar surface area (TPSA) is 49.2 Å². The minimum atomic E-state index is 0.688. The second kappa shape index (κ2) is 4.51. The summed E-state index contributed by atoms with van der Waals surface area (Å²) >= 11 is 1.47. The molecule has 0 atom stereocenters. The van der Waals surface area contributed by atoms with Gasteiger partial charge in [-0.25, -0.2) is 4.98 Å². The smallest absolute Gasteiger partial charge is 0.124 e. The van der Waals surface area contributed by atoms with Crippen molar-refractivity contribution in [1.29, 1.82) is 5.26 Å². The molecule has 14 heavy (non-hydrogen) atoms. The molecule has 0 radical (unpaired) electrons. The van der Waals surface area contributed by atoms with E-state index in [1.165, 1.54) is 11.3 Å². The summed E-state index contributed by atoms with van der Waals surface area (Å²) in [6, 6.07) is 2.10. The lowest BCUT2D eigenvalue weighted by molar-refractivity contribution is 0.0341. The van der Waals surface area contributed by atoms with Crippen molar-refractivity contribution in [2.24, 2.45) is 0 Å². The van der Waals surface area contributed by atoms with Gasteiger partial charge >= 0.3 is 0 Å². The molecule has 1 aromatic heterocycles. The highest BCUT2D eigenvalue weighted by Crippen LogP contribution is 2.14. The zero-order valence-electron chi connectivity index (χ0n) is 7.77. The predicted molar refractivity (Wildman–Crippen MR) is 52.9 cm³/mol. The van der Waals surface area contributed by atoms with E-state index >= 15 is 0 Å². The first-order chi connectivity index (χ1) is 6.88. The Hall–Kier alpha value is -0.960. The number of thiazole rings is 1. The van der Waals surface area contributed by atoms with E-state index in [4.69, 9.17) is 10.00 Å². The molecule has 1 aliphatic heterocycles. The van der Waals surface area contributed by atoms with Crippen LogP contribution in [0.25, 0.3) is 0 Å². The molecule has 0 saturated carbocycles.